The highest BCUT2D eigenvalue weighted by Gasteiger charge is 2.09. The van der Waals surface area contributed by atoms with E-state index < -0.39 is 0 Å². The summed E-state index contributed by atoms with van der Waals surface area (Å²) in [6.07, 6.45) is 4.29. The number of hydrogen-bond donors (Lipinski definition) is 1. The van der Waals surface area contributed by atoms with E-state index in [1.165, 1.54) is 11.1 Å². The minimum absolute atomic E-state index is 0.124. The van der Waals surface area contributed by atoms with Gasteiger partial charge in [-0.05, 0) is 67.8 Å². The van der Waals surface area contributed by atoms with Crippen LogP contribution in [0.1, 0.15) is 40.4 Å². The van der Waals surface area contributed by atoms with Crippen LogP contribution in [-0.2, 0) is 0 Å². The molecule has 0 fully saturated rings. The smallest absolute Gasteiger partial charge is 0.187 e. The number of ketones is 1. The highest BCUT2D eigenvalue weighted by molar-refractivity contribution is 6.10. The molecule has 0 aliphatic rings. The summed E-state index contributed by atoms with van der Waals surface area (Å²) in [6.45, 7) is 6.89. The lowest BCUT2D eigenvalue weighted by molar-refractivity contribution is 0.104. The molecular weight excluding hydrogens is 358 g/mol. The minimum atomic E-state index is -0.124. The first kappa shape index (κ1) is 20.4. The first-order chi connectivity index (χ1) is 14.0. The summed E-state index contributed by atoms with van der Waals surface area (Å²) < 4.78 is 5.90. The number of nitrogens with two attached hydrogens (primary N) is 1. The van der Waals surface area contributed by atoms with Gasteiger partial charge in [0.15, 0.2) is 5.78 Å². The van der Waals surface area contributed by atoms with Crippen LogP contribution < -0.4 is 10.5 Å². The SMILES string of the molecule is CCCOc1ccc(-c2cc(C)cc(C)c2)cc1/C=C/C(=O)c1ccccc1N. The second-order valence-electron chi connectivity index (χ2n) is 7.26. The van der Waals surface area contributed by atoms with Crippen LogP contribution in [0.15, 0.2) is 66.7 Å². The predicted molar refractivity (Wildman–Crippen MR) is 121 cm³/mol. The highest BCUT2D eigenvalue weighted by Crippen LogP contribution is 2.29. The molecule has 0 saturated heterocycles. The summed E-state index contributed by atoms with van der Waals surface area (Å²) in [7, 11) is 0. The Kier molecular flexibility index (Phi) is 6.50. The molecule has 0 amide bonds. The Hall–Kier alpha value is -3.33. The molecule has 0 aromatic heterocycles. The van der Waals surface area contributed by atoms with Crippen LogP contribution in [-0.4, -0.2) is 12.4 Å². The lowest BCUT2D eigenvalue weighted by Crippen LogP contribution is -2.00. The number of rotatable bonds is 7. The van der Waals surface area contributed by atoms with Crippen LogP contribution in [0.5, 0.6) is 5.75 Å². The molecule has 0 aliphatic heterocycles. The number of para-hydroxylation sites is 1. The normalized spacial score (nSPS) is 11.0. The molecule has 3 nitrogen and oxygen atoms in total. The Morgan fingerprint density at radius 1 is 0.966 bits per heavy atom. The van der Waals surface area contributed by atoms with Gasteiger partial charge in [-0.2, -0.15) is 0 Å². The van der Waals surface area contributed by atoms with Crippen LogP contribution in [0.4, 0.5) is 5.69 Å². The van der Waals surface area contributed by atoms with Crippen molar-refractivity contribution in [1.82, 2.24) is 0 Å². The fourth-order valence-electron chi connectivity index (χ4n) is 3.32. The molecule has 0 saturated carbocycles. The second kappa shape index (κ2) is 9.24. The van der Waals surface area contributed by atoms with Gasteiger partial charge < -0.3 is 10.5 Å². The molecule has 3 aromatic carbocycles. The molecule has 3 rings (SSSR count). The summed E-state index contributed by atoms with van der Waals surface area (Å²) in [6, 6.07) is 19.7. The lowest BCUT2D eigenvalue weighted by atomic mass is 9.98. The van der Waals surface area contributed by atoms with Crippen molar-refractivity contribution in [2.24, 2.45) is 0 Å². The summed E-state index contributed by atoms with van der Waals surface area (Å²) in [4.78, 5) is 12.6. The average Bonchev–Trinajstić information content (AvgIpc) is 2.70. The summed E-state index contributed by atoms with van der Waals surface area (Å²) in [5.41, 5.74) is 12.5. The lowest BCUT2D eigenvalue weighted by Gasteiger charge is -2.12. The molecule has 0 bridgehead atoms. The van der Waals surface area contributed by atoms with E-state index >= 15 is 0 Å². The van der Waals surface area contributed by atoms with Gasteiger partial charge in [0.25, 0.3) is 0 Å². The Labute approximate surface area is 172 Å². The number of allylic oxidation sites excluding steroid dienone is 1. The number of aryl methyl sites for hydroxylation is 2. The number of nitrogen functional groups attached to an aromatic ring is 1. The second-order valence-corrected chi connectivity index (χ2v) is 7.26. The number of benzene rings is 3. The molecule has 0 heterocycles. The molecule has 0 radical (unpaired) electrons. The van der Waals surface area contributed by atoms with Crippen LogP contribution in [0.3, 0.4) is 0 Å². The molecule has 3 aromatic rings. The molecule has 0 spiro atoms. The summed E-state index contributed by atoms with van der Waals surface area (Å²) in [5.74, 6) is 0.645. The van der Waals surface area contributed by atoms with Gasteiger partial charge in [-0.25, -0.2) is 0 Å². The van der Waals surface area contributed by atoms with Gasteiger partial charge in [0.2, 0.25) is 0 Å². The number of hydrogen-bond acceptors (Lipinski definition) is 3. The maximum absolute atomic E-state index is 12.6. The van der Waals surface area contributed by atoms with E-state index in [9.17, 15) is 4.79 Å². The van der Waals surface area contributed by atoms with Crippen molar-refractivity contribution in [3.63, 3.8) is 0 Å². The fourth-order valence-corrected chi connectivity index (χ4v) is 3.32. The van der Waals surface area contributed by atoms with E-state index in [4.69, 9.17) is 10.5 Å². The molecule has 0 atom stereocenters. The van der Waals surface area contributed by atoms with E-state index in [-0.39, 0.29) is 5.78 Å². The third-order valence-corrected chi connectivity index (χ3v) is 4.67. The predicted octanol–water partition coefficient (Wildman–Crippen LogP) is 6.24. The van der Waals surface area contributed by atoms with Gasteiger partial charge >= 0.3 is 0 Å². The van der Waals surface area contributed by atoms with Gasteiger partial charge in [0.05, 0.1) is 6.61 Å². The fraction of sp³-hybridized carbons (Fsp3) is 0.192. The first-order valence-corrected chi connectivity index (χ1v) is 9.90. The molecule has 3 heteroatoms. The Morgan fingerprint density at radius 3 is 2.38 bits per heavy atom. The summed E-state index contributed by atoms with van der Waals surface area (Å²) in [5, 5.41) is 0. The summed E-state index contributed by atoms with van der Waals surface area (Å²) >= 11 is 0. The Bertz CT molecular complexity index is 1030. The highest BCUT2D eigenvalue weighted by atomic mass is 16.5. The van der Waals surface area contributed by atoms with E-state index in [1.54, 1.807) is 18.2 Å². The monoisotopic (exact) mass is 385 g/mol. The van der Waals surface area contributed by atoms with Crippen LogP contribution >= 0.6 is 0 Å². The van der Waals surface area contributed by atoms with Gasteiger partial charge in [-0.3, -0.25) is 4.79 Å². The van der Waals surface area contributed by atoms with Crippen molar-refractivity contribution in [2.75, 3.05) is 12.3 Å². The topological polar surface area (TPSA) is 52.3 Å². The van der Waals surface area contributed by atoms with E-state index in [2.05, 4.69) is 51.1 Å². The zero-order valence-corrected chi connectivity index (χ0v) is 17.2. The van der Waals surface area contributed by atoms with Crippen LogP contribution in [0.25, 0.3) is 17.2 Å². The van der Waals surface area contributed by atoms with Crippen molar-refractivity contribution in [3.05, 3.63) is 89.0 Å². The van der Waals surface area contributed by atoms with E-state index in [0.717, 1.165) is 28.9 Å². The van der Waals surface area contributed by atoms with Crippen molar-refractivity contribution in [3.8, 4) is 16.9 Å². The van der Waals surface area contributed by atoms with Crippen LogP contribution in [0.2, 0.25) is 0 Å². The van der Waals surface area contributed by atoms with E-state index in [1.807, 2.05) is 24.3 Å². The van der Waals surface area contributed by atoms with Crippen molar-refractivity contribution >= 4 is 17.5 Å². The number of carbonyl (C=O) groups is 1. The molecule has 0 aliphatic carbocycles. The quantitative estimate of drug-likeness (QED) is 0.298. The first-order valence-electron chi connectivity index (χ1n) is 9.90. The minimum Gasteiger partial charge on any atom is -0.493 e. The van der Waals surface area contributed by atoms with Gasteiger partial charge in [-0.15, -0.1) is 0 Å². The molecule has 29 heavy (non-hydrogen) atoms. The van der Waals surface area contributed by atoms with Crippen molar-refractivity contribution in [1.29, 1.82) is 0 Å². The van der Waals surface area contributed by atoms with Crippen molar-refractivity contribution in [2.45, 2.75) is 27.2 Å². The third kappa shape index (κ3) is 5.14. The number of carbonyl (C=O) groups excluding carboxylic acids is 1. The van der Waals surface area contributed by atoms with Crippen molar-refractivity contribution < 1.29 is 9.53 Å². The maximum atomic E-state index is 12.6. The van der Waals surface area contributed by atoms with Gasteiger partial charge in [-0.1, -0.05) is 54.4 Å². The van der Waals surface area contributed by atoms with Gasteiger partial charge in [0.1, 0.15) is 5.75 Å². The number of anilines is 1. The van der Waals surface area contributed by atoms with Crippen LogP contribution in [0, 0.1) is 13.8 Å². The molecule has 148 valence electrons. The maximum Gasteiger partial charge on any atom is 0.187 e. The standard InChI is InChI=1S/C26H27NO2/c1-4-13-29-26-12-10-20(22-15-18(2)14-19(3)16-22)17-21(26)9-11-25(28)23-7-5-6-8-24(23)27/h5-12,14-17H,4,13,27H2,1-3H3/b11-9+. The van der Waals surface area contributed by atoms with Gasteiger partial charge in [0, 0.05) is 16.8 Å². The largest absolute Gasteiger partial charge is 0.493 e. The van der Waals surface area contributed by atoms with E-state index in [0.29, 0.717) is 17.9 Å². The Morgan fingerprint density at radius 2 is 1.69 bits per heavy atom. The molecular formula is C26H27NO2. The zero-order chi connectivity index (χ0) is 20.8. The number of ether oxygens (including phenoxy) is 1. The molecule has 2 N–H and O–H groups in total. The zero-order valence-electron chi connectivity index (χ0n) is 17.2. The Balaban J connectivity index is 1.98. The average molecular weight is 386 g/mol. The molecule has 0 unspecified atom stereocenters. The third-order valence-electron chi connectivity index (χ3n) is 4.67.